The second kappa shape index (κ2) is 4.15. The first-order valence-electron chi connectivity index (χ1n) is 4.48. The van der Waals surface area contributed by atoms with E-state index in [1.54, 1.807) is 7.11 Å². The van der Waals surface area contributed by atoms with Crippen LogP contribution in [-0.2, 0) is 12.8 Å². The lowest BCUT2D eigenvalue weighted by Gasteiger charge is -2.10. The van der Waals surface area contributed by atoms with Gasteiger partial charge in [-0.15, -0.1) is 0 Å². The minimum absolute atomic E-state index is 1.04. The molecule has 1 heteroatoms. The predicted octanol–water partition coefficient (Wildman–Crippen LogP) is 2.82. The fraction of sp³-hybridized carbons (Fsp3) is 0.455. The molecule has 1 nitrogen and oxygen atoms in total. The van der Waals surface area contributed by atoms with Gasteiger partial charge in [-0.1, -0.05) is 32.0 Å². The second-order valence-corrected chi connectivity index (χ2v) is 2.82. The molecular weight excluding hydrogens is 148 g/mol. The number of para-hydroxylation sites is 1. The van der Waals surface area contributed by atoms with E-state index in [9.17, 15) is 0 Å². The molecular formula is C11H16O. The van der Waals surface area contributed by atoms with Gasteiger partial charge in [-0.25, -0.2) is 0 Å². The van der Waals surface area contributed by atoms with Gasteiger partial charge < -0.3 is 4.74 Å². The third-order valence-electron chi connectivity index (χ3n) is 2.14. The Morgan fingerprint density at radius 3 is 1.92 bits per heavy atom. The van der Waals surface area contributed by atoms with Gasteiger partial charge in [0.15, 0.2) is 0 Å². The van der Waals surface area contributed by atoms with Crippen LogP contribution >= 0.6 is 0 Å². The van der Waals surface area contributed by atoms with Crippen LogP contribution in [0, 0.1) is 0 Å². The van der Waals surface area contributed by atoms with Crippen molar-refractivity contribution in [3.05, 3.63) is 29.3 Å². The van der Waals surface area contributed by atoms with Crippen LogP contribution in [0.25, 0.3) is 0 Å². The van der Waals surface area contributed by atoms with Crippen molar-refractivity contribution in [2.24, 2.45) is 0 Å². The molecule has 0 radical (unpaired) electrons. The van der Waals surface area contributed by atoms with Crippen LogP contribution < -0.4 is 4.74 Å². The molecule has 0 unspecified atom stereocenters. The summed E-state index contributed by atoms with van der Waals surface area (Å²) in [6.07, 6.45) is 2.08. The fourth-order valence-corrected chi connectivity index (χ4v) is 1.46. The maximum absolute atomic E-state index is 5.36. The van der Waals surface area contributed by atoms with Gasteiger partial charge in [0.25, 0.3) is 0 Å². The zero-order chi connectivity index (χ0) is 8.97. The zero-order valence-corrected chi connectivity index (χ0v) is 8.05. The monoisotopic (exact) mass is 164 g/mol. The van der Waals surface area contributed by atoms with Gasteiger partial charge in [0.2, 0.25) is 0 Å². The highest BCUT2D eigenvalue weighted by Crippen LogP contribution is 2.24. The maximum atomic E-state index is 5.36. The van der Waals surface area contributed by atoms with Crippen molar-refractivity contribution in [1.82, 2.24) is 0 Å². The summed E-state index contributed by atoms with van der Waals surface area (Å²) in [6, 6.07) is 6.34. The third-order valence-corrected chi connectivity index (χ3v) is 2.14. The second-order valence-electron chi connectivity index (χ2n) is 2.82. The molecule has 1 aromatic carbocycles. The summed E-state index contributed by atoms with van der Waals surface area (Å²) >= 11 is 0. The fourth-order valence-electron chi connectivity index (χ4n) is 1.46. The van der Waals surface area contributed by atoms with Crippen LogP contribution in [0.4, 0.5) is 0 Å². The smallest absolute Gasteiger partial charge is 0.125 e. The van der Waals surface area contributed by atoms with Crippen LogP contribution in [0.2, 0.25) is 0 Å². The highest BCUT2D eigenvalue weighted by molar-refractivity contribution is 5.41. The highest BCUT2D eigenvalue weighted by Gasteiger charge is 2.04. The highest BCUT2D eigenvalue weighted by atomic mass is 16.5. The number of methoxy groups -OCH3 is 1. The topological polar surface area (TPSA) is 9.23 Å². The summed E-state index contributed by atoms with van der Waals surface area (Å²) in [5.74, 6) is 1.07. The summed E-state index contributed by atoms with van der Waals surface area (Å²) in [5, 5.41) is 0. The Hall–Kier alpha value is -0.980. The number of hydrogen-bond donors (Lipinski definition) is 0. The Bertz CT molecular complexity index is 231. The molecule has 0 saturated carbocycles. The van der Waals surface area contributed by atoms with Gasteiger partial charge in [-0.05, 0) is 24.0 Å². The average molecular weight is 164 g/mol. The third kappa shape index (κ3) is 1.60. The predicted molar refractivity (Wildman–Crippen MR) is 51.8 cm³/mol. The first-order chi connectivity index (χ1) is 5.83. The lowest BCUT2D eigenvalue weighted by Crippen LogP contribution is -1.95. The van der Waals surface area contributed by atoms with Crippen LogP contribution in [-0.4, -0.2) is 7.11 Å². The van der Waals surface area contributed by atoms with Gasteiger partial charge >= 0.3 is 0 Å². The van der Waals surface area contributed by atoms with Gasteiger partial charge in [-0.3, -0.25) is 0 Å². The number of aryl methyl sites for hydroxylation is 2. The molecule has 0 bridgehead atoms. The van der Waals surface area contributed by atoms with Crippen LogP contribution in [0.5, 0.6) is 5.75 Å². The van der Waals surface area contributed by atoms with Crippen LogP contribution in [0.15, 0.2) is 18.2 Å². The molecule has 0 heterocycles. The van der Waals surface area contributed by atoms with Crippen molar-refractivity contribution in [2.45, 2.75) is 26.7 Å². The van der Waals surface area contributed by atoms with Gasteiger partial charge in [0.1, 0.15) is 5.75 Å². The molecule has 1 rings (SSSR count). The van der Waals surface area contributed by atoms with Gasteiger partial charge in [0.05, 0.1) is 7.11 Å². The number of hydrogen-bond acceptors (Lipinski definition) is 1. The zero-order valence-electron chi connectivity index (χ0n) is 8.05. The van der Waals surface area contributed by atoms with Crippen LogP contribution in [0.1, 0.15) is 25.0 Å². The molecule has 0 atom stereocenters. The normalized spacial score (nSPS) is 9.92. The van der Waals surface area contributed by atoms with Gasteiger partial charge in [0, 0.05) is 0 Å². The minimum atomic E-state index is 1.04. The molecule has 0 fully saturated rings. The van der Waals surface area contributed by atoms with Gasteiger partial charge in [-0.2, -0.15) is 0 Å². The minimum Gasteiger partial charge on any atom is -0.496 e. The van der Waals surface area contributed by atoms with Crippen LogP contribution in [0.3, 0.4) is 0 Å². The number of benzene rings is 1. The van der Waals surface area contributed by atoms with Crippen molar-refractivity contribution in [3.8, 4) is 5.75 Å². The van der Waals surface area contributed by atoms with Crippen molar-refractivity contribution in [1.29, 1.82) is 0 Å². The Kier molecular flexibility index (Phi) is 3.15. The summed E-state index contributed by atoms with van der Waals surface area (Å²) in [6.45, 7) is 4.30. The van der Waals surface area contributed by atoms with E-state index in [1.165, 1.54) is 11.1 Å². The molecule has 1 aromatic rings. The van der Waals surface area contributed by atoms with E-state index in [-0.39, 0.29) is 0 Å². The molecule has 0 aliphatic rings. The molecule has 66 valence electrons. The maximum Gasteiger partial charge on any atom is 0.125 e. The molecule has 0 aliphatic carbocycles. The number of ether oxygens (including phenoxy) is 1. The van der Waals surface area contributed by atoms with E-state index in [4.69, 9.17) is 4.74 Å². The summed E-state index contributed by atoms with van der Waals surface area (Å²) in [5.41, 5.74) is 2.61. The van der Waals surface area contributed by atoms with Crippen molar-refractivity contribution in [3.63, 3.8) is 0 Å². The molecule has 0 aromatic heterocycles. The number of rotatable bonds is 3. The van der Waals surface area contributed by atoms with Crippen molar-refractivity contribution in [2.75, 3.05) is 7.11 Å². The SMILES string of the molecule is CCc1cccc(CC)c1OC. The van der Waals surface area contributed by atoms with E-state index in [0.717, 1.165) is 18.6 Å². The average Bonchev–Trinajstić information content (AvgIpc) is 2.16. The van der Waals surface area contributed by atoms with Crippen molar-refractivity contribution >= 4 is 0 Å². The Labute approximate surface area is 74.4 Å². The van der Waals surface area contributed by atoms with E-state index in [2.05, 4.69) is 32.0 Å². The Balaban J connectivity index is 3.13. The Morgan fingerprint density at radius 2 is 1.58 bits per heavy atom. The Morgan fingerprint density at radius 1 is 1.08 bits per heavy atom. The molecule has 12 heavy (non-hydrogen) atoms. The molecule has 0 N–H and O–H groups in total. The molecule has 0 aliphatic heterocycles. The largest absolute Gasteiger partial charge is 0.496 e. The lowest BCUT2D eigenvalue weighted by atomic mass is 10.1. The molecule has 0 saturated heterocycles. The van der Waals surface area contributed by atoms with Crippen molar-refractivity contribution < 1.29 is 4.74 Å². The van der Waals surface area contributed by atoms with E-state index >= 15 is 0 Å². The standard InChI is InChI=1S/C11H16O/c1-4-9-7-6-8-10(5-2)11(9)12-3/h6-8H,4-5H2,1-3H3. The molecule has 0 spiro atoms. The first-order valence-corrected chi connectivity index (χ1v) is 4.48. The molecule has 0 amide bonds. The summed E-state index contributed by atoms with van der Waals surface area (Å²) < 4.78 is 5.36. The summed E-state index contributed by atoms with van der Waals surface area (Å²) in [7, 11) is 1.74. The van der Waals surface area contributed by atoms with E-state index in [0.29, 0.717) is 0 Å². The quantitative estimate of drug-likeness (QED) is 0.667. The first kappa shape index (κ1) is 9.11. The van der Waals surface area contributed by atoms with E-state index in [1.807, 2.05) is 0 Å². The lowest BCUT2D eigenvalue weighted by molar-refractivity contribution is 0.405. The van der Waals surface area contributed by atoms with E-state index < -0.39 is 0 Å². The summed E-state index contributed by atoms with van der Waals surface area (Å²) in [4.78, 5) is 0.